The van der Waals surface area contributed by atoms with Crippen LogP contribution in [0.5, 0.6) is 0 Å². The van der Waals surface area contributed by atoms with E-state index in [0.717, 1.165) is 24.0 Å². The van der Waals surface area contributed by atoms with Crippen LogP contribution >= 0.6 is 0 Å². The molecule has 11 heteroatoms. The summed E-state index contributed by atoms with van der Waals surface area (Å²) in [5, 5.41) is 8.97. The predicted molar refractivity (Wildman–Crippen MR) is 106 cm³/mol. The first kappa shape index (κ1) is 21.9. The minimum atomic E-state index is -4.52. The first-order valence-electron chi connectivity index (χ1n) is 9.14. The lowest BCUT2D eigenvalue weighted by Crippen LogP contribution is -2.31. The number of carbonyl (C=O) groups excluding carboxylic acids is 1. The number of nitriles is 1. The van der Waals surface area contributed by atoms with E-state index in [-0.39, 0.29) is 17.8 Å². The number of fused-ring (bicyclic) bond motifs is 1. The molecule has 0 aromatic carbocycles. The number of rotatable bonds is 5. The first-order valence-corrected chi connectivity index (χ1v) is 9.14. The smallest absolute Gasteiger partial charge is 0.403 e. The number of amides is 1. The Labute approximate surface area is 175 Å². The fourth-order valence-corrected chi connectivity index (χ4v) is 3.18. The topological polar surface area (TPSA) is 134 Å². The average Bonchev–Trinajstić information content (AvgIpc) is 2.73. The van der Waals surface area contributed by atoms with Gasteiger partial charge < -0.3 is 11.5 Å². The largest absolute Gasteiger partial charge is 0.433 e. The average molecular weight is 429 g/mol. The third-order valence-electron chi connectivity index (χ3n) is 4.66. The molecule has 1 aliphatic rings. The van der Waals surface area contributed by atoms with Gasteiger partial charge in [-0.3, -0.25) is 19.7 Å². The van der Waals surface area contributed by atoms with Crippen molar-refractivity contribution in [3.8, 4) is 6.07 Å². The van der Waals surface area contributed by atoms with Crippen molar-refractivity contribution in [2.45, 2.75) is 25.7 Å². The molecule has 2 aromatic heterocycles. The maximum Gasteiger partial charge on any atom is 0.433 e. The number of nitrogens with two attached hydrogens (primary N) is 2. The molecule has 0 aliphatic carbocycles. The number of allylic oxidation sites excluding steroid dienone is 1. The Bertz CT molecular complexity index is 1100. The zero-order chi connectivity index (χ0) is 22.6. The van der Waals surface area contributed by atoms with Gasteiger partial charge in [0.2, 0.25) is 0 Å². The second-order valence-electron chi connectivity index (χ2n) is 6.82. The number of aromatic nitrogens is 2. The van der Waals surface area contributed by atoms with E-state index in [1.807, 2.05) is 11.0 Å². The molecule has 1 aliphatic heterocycles. The molecule has 0 unspecified atom stereocenters. The number of pyridine rings is 2. The molecule has 31 heavy (non-hydrogen) atoms. The van der Waals surface area contributed by atoms with Crippen molar-refractivity contribution >= 4 is 17.8 Å². The van der Waals surface area contributed by atoms with Crippen molar-refractivity contribution in [2.24, 2.45) is 16.5 Å². The van der Waals surface area contributed by atoms with Gasteiger partial charge in [-0.2, -0.15) is 18.4 Å². The van der Waals surface area contributed by atoms with Crippen LogP contribution in [0.15, 0.2) is 41.2 Å². The fraction of sp³-hybridized carbons (Fsp3) is 0.250. The van der Waals surface area contributed by atoms with Crippen molar-refractivity contribution in [2.75, 3.05) is 6.54 Å². The molecule has 0 bridgehead atoms. The van der Waals surface area contributed by atoms with Gasteiger partial charge in [0.15, 0.2) is 0 Å². The minimum absolute atomic E-state index is 0.00579. The zero-order valence-electron chi connectivity index (χ0n) is 16.2. The Kier molecular flexibility index (Phi) is 6.31. The molecule has 0 fully saturated rings. The minimum Gasteiger partial charge on any atom is -0.403 e. The molecule has 0 atom stereocenters. The predicted octanol–water partition coefficient (Wildman–Crippen LogP) is 2.22. The molecular formula is C20H18F3N7O. The summed E-state index contributed by atoms with van der Waals surface area (Å²) >= 11 is 0. The number of nitrogens with zero attached hydrogens (tertiary/aromatic N) is 5. The highest BCUT2D eigenvalue weighted by molar-refractivity contribution is 5.92. The molecule has 160 valence electrons. The number of alkyl halides is 3. The molecule has 3 heterocycles. The molecule has 4 N–H and O–H groups in total. The summed E-state index contributed by atoms with van der Waals surface area (Å²) in [5.41, 5.74) is 12.1. The van der Waals surface area contributed by atoms with Crippen molar-refractivity contribution in [3.05, 3.63) is 64.4 Å². The van der Waals surface area contributed by atoms with Gasteiger partial charge in [-0.25, -0.2) is 4.98 Å². The SMILES string of the molecule is N#CC(C=Nc1cc(C(N)=O)nc2c1CCN(Cc1ccnc(C(F)(F)F)c1)C2)=CN. The van der Waals surface area contributed by atoms with E-state index in [1.165, 1.54) is 18.3 Å². The van der Waals surface area contributed by atoms with Crippen LogP contribution in [0.3, 0.4) is 0 Å². The van der Waals surface area contributed by atoms with Crippen LogP contribution in [0.1, 0.15) is 33.0 Å². The van der Waals surface area contributed by atoms with Crippen LogP contribution in [0.4, 0.5) is 18.9 Å². The molecular weight excluding hydrogens is 411 g/mol. The fourth-order valence-electron chi connectivity index (χ4n) is 3.18. The molecule has 3 rings (SSSR count). The van der Waals surface area contributed by atoms with Gasteiger partial charge in [-0.1, -0.05) is 0 Å². The van der Waals surface area contributed by atoms with Crippen LogP contribution in [-0.2, 0) is 25.7 Å². The Morgan fingerprint density at radius 2 is 2.16 bits per heavy atom. The van der Waals surface area contributed by atoms with Crippen molar-refractivity contribution in [1.29, 1.82) is 5.26 Å². The lowest BCUT2D eigenvalue weighted by Gasteiger charge is -2.29. The van der Waals surface area contributed by atoms with Crippen LogP contribution in [0.25, 0.3) is 0 Å². The Balaban J connectivity index is 1.88. The van der Waals surface area contributed by atoms with E-state index in [0.29, 0.717) is 36.5 Å². The number of carbonyl (C=O) groups is 1. The molecule has 0 saturated heterocycles. The van der Waals surface area contributed by atoms with E-state index in [2.05, 4.69) is 15.0 Å². The van der Waals surface area contributed by atoms with E-state index < -0.39 is 17.8 Å². The highest BCUT2D eigenvalue weighted by atomic mass is 19.4. The molecule has 8 nitrogen and oxygen atoms in total. The van der Waals surface area contributed by atoms with Crippen LogP contribution < -0.4 is 11.5 Å². The van der Waals surface area contributed by atoms with Gasteiger partial charge in [0.25, 0.3) is 5.91 Å². The summed E-state index contributed by atoms with van der Waals surface area (Å²) in [4.78, 5) is 25.5. The van der Waals surface area contributed by atoms with Gasteiger partial charge in [0, 0.05) is 43.8 Å². The standard InChI is InChI=1S/C20H18F3N7O/c21-20(22,23)18-5-12(1-3-27-18)10-30-4-2-14-15(28-9-13(7-24)8-25)6-16(19(26)31)29-17(14)11-30/h1,3,5-7,9H,2,4,10-11,24H2,(H2,26,31). The molecule has 0 spiro atoms. The maximum atomic E-state index is 12.9. The van der Waals surface area contributed by atoms with Crippen LogP contribution in [0.2, 0.25) is 0 Å². The molecule has 0 saturated carbocycles. The third kappa shape index (κ3) is 5.23. The van der Waals surface area contributed by atoms with E-state index in [4.69, 9.17) is 16.7 Å². The van der Waals surface area contributed by atoms with Crippen LogP contribution in [0, 0.1) is 11.3 Å². The number of hydrogen-bond acceptors (Lipinski definition) is 7. The Hall–Kier alpha value is -3.78. The summed E-state index contributed by atoms with van der Waals surface area (Å²) in [5.74, 6) is -0.741. The number of halogens is 3. The summed E-state index contributed by atoms with van der Waals surface area (Å²) in [6.07, 6.45) is -0.501. The normalized spacial score (nSPS) is 15.0. The van der Waals surface area contributed by atoms with Crippen molar-refractivity contribution in [1.82, 2.24) is 14.9 Å². The van der Waals surface area contributed by atoms with E-state index in [9.17, 15) is 18.0 Å². The third-order valence-corrected chi connectivity index (χ3v) is 4.66. The number of hydrogen-bond donors (Lipinski definition) is 2. The number of aliphatic imine (C=N–C) groups is 1. The highest BCUT2D eigenvalue weighted by Gasteiger charge is 2.32. The van der Waals surface area contributed by atoms with Gasteiger partial charge in [-0.15, -0.1) is 0 Å². The molecule has 1 amide bonds. The lowest BCUT2D eigenvalue weighted by molar-refractivity contribution is -0.141. The summed E-state index contributed by atoms with van der Waals surface area (Å²) in [6.45, 7) is 1.08. The monoisotopic (exact) mass is 429 g/mol. The van der Waals surface area contributed by atoms with Gasteiger partial charge in [0.05, 0.1) is 17.0 Å². The van der Waals surface area contributed by atoms with Gasteiger partial charge in [0.1, 0.15) is 17.5 Å². The lowest BCUT2D eigenvalue weighted by atomic mass is 10.0. The molecule has 2 aromatic rings. The zero-order valence-corrected chi connectivity index (χ0v) is 16.2. The molecule has 0 radical (unpaired) electrons. The second kappa shape index (κ2) is 8.93. The summed E-state index contributed by atoms with van der Waals surface area (Å²) < 4.78 is 38.7. The van der Waals surface area contributed by atoms with Crippen LogP contribution in [-0.4, -0.2) is 33.5 Å². The summed E-state index contributed by atoms with van der Waals surface area (Å²) in [6, 6.07) is 5.86. The maximum absolute atomic E-state index is 12.9. The van der Waals surface area contributed by atoms with Crippen molar-refractivity contribution in [3.63, 3.8) is 0 Å². The Morgan fingerprint density at radius 1 is 1.39 bits per heavy atom. The highest BCUT2D eigenvalue weighted by Crippen LogP contribution is 2.30. The van der Waals surface area contributed by atoms with E-state index in [1.54, 1.807) is 0 Å². The quantitative estimate of drug-likeness (QED) is 0.553. The second-order valence-corrected chi connectivity index (χ2v) is 6.82. The van der Waals surface area contributed by atoms with Gasteiger partial charge >= 0.3 is 6.18 Å². The van der Waals surface area contributed by atoms with Gasteiger partial charge in [-0.05, 0) is 30.2 Å². The van der Waals surface area contributed by atoms with E-state index >= 15 is 0 Å². The Morgan fingerprint density at radius 3 is 2.81 bits per heavy atom. The van der Waals surface area contributed by atoms with Crippen molar-refractivity contribution < 1.29 is 18.0 Å². The first-order chi connectivity index (χ1) is 14.7. The number of primary amides is 1. The summed E-state index contributed by atoms with van der Waals surface area (Å²) in [7, 11) is 0.